The Bertz CT molecular complexity index is 772. The third kappa shape index (κ3) is 7.24. The highest BCUT2D eigenvalue weighted by Crippen LogP contribution is 2.15. The molecule has 0 saturated carbocycles. The Kier molecular flexibility index (Phi) is 10.1. The van der Waals surface area contributed by atoms with E-state index in [9.17, 15) is 0 Å². The predicted molar refractivity (Wildman–Crippen MR) is 132 cm³/mol. The van der Waals surface area contributed by atoms with Crippen LogP contribution in [-0.4, -0.2) is 65.6 Å². The summed E-state index contributed by atoms with van der Waals surface area (Å²) in [7, 11) is 0. The van der Waals surface area contributed by atoms with Gasteiger partial charge in [0.2, 0.25) is 0 Å². The Labute approximate surface area is 197 Å². The molecule has 2 N–H and O–H groups in total. The van der Waals surface area contributed by atoms with Crippen molar-refractivity contribution in [2.45, 2.75) is 39.4 Å². The summed E-state index contributed by atoms with van der Waals surface area (Å²) in [6, 6.07) is 10.4. The van der Waals surface area contributed by atoms with E-state index in [0.717, 1.165) is 51.9 Å². The molecule has 3 rings (SSSR count). The van der Waals surface area contributed by atoms with Gasteiger partial charge in [0.1, 0.15) is 0 Å². The van der Waals surface area contributed by atoms with E-state index in [-0.39, 0.29) is 29.5 Å². The summed E-state index contributed by atoms with van der Waals surface area (Å²) in [6.45, 7) is 13.3. The summed E-state index contributed by atoms with van der Waals surface area (Å²) < 4.78 is 7.43. The summed E-state index contributed by atoms with van der Waals surface area (Å²) in [5.41, 5.74) is 2.50. The van der Waals surface area contributed by atoms with E-state index in [1.807, 2.05) is 23.1 Å². The SMILES string of the molecule is CCNC(=NCc1ccccc1Cn1cccn1)NCC(C)(C)N1CCOCC1.I. The van der Waals surface area contributed by atoms with Gasteiger partial charge in [0.15, 0.2) is 5.96 Å². The average molecular weight is 526 g/mol. The number of morpholine rings is 1. The monoisotopic (exact) mass is 526 g/mol. The highest BCUT2D eigenvalue weighted by Gasteiger charge is 2.28. The van der Waals surface area contributed by atoms with Gasteiger partial charge in [0.05, 0.1) is 26.3 Å². The Hall–Kier alpha value is -1.65. The predicted octanol–water partition coefficient (Wildman–Crippen LogP) is 2.72. The zero-order chi connectivity index (χ0) is 20.5. The van der Waals surface area contributed by atoms with Gasteiger partial charge in [-0.3, -0.25) is 9.58 Å². The molecule has 1 saturated heterocycles. The molecule has 2 aromatic rings. The molecule has 7 nitrogen and oxygen atoms in total. The van der Waals surface area contributed by atoms with Crippen molar-refractivity contribution >= 4 is 29.9 Å². The average Bonchev–Trinajstić information content (AvgIpc) is 3.25. The highest BCUT2D eigenvalue weighted by atomic mass is 127. The molecule has 0 aliphatic carbocycles. The number of benzene rings is 1. The summed E-state index contributed by atoms with van der Waals surface area (Å²) >= 11 is 0. The topological polar surface area (TPSA) is 66.7 Å². The van der Waals surface area contributed by atoms with E-state index in [2.05, 4.69) is 65.7 Å². The van der Waals surface area contributed by atoms with Crippen molar-refractivity contribution in [1.82, 2.24) is 25.3 Å². The van der Waals surface area contributed by atoms with Crippen LogP contribution in [-0.2, 0) is 17.8 Å². The number of hydrogen-bond acceptors (Lipinski definition) is 4. The highest BCUT2D eigenvalue weighted by molar-refractivity contribution is 14.0. The van der Waals surface area contributed by atoms with Crippen molar-refractivity contribution in [2.24, 2.45) is 4.99 Å². The Balaban J connectivity index is 0.00000320. The fourth-order valence-corrected chi connectivity index (χ4v) is 3.52. The van der Waals surface area contributed by atoms with Gasteiger partial charge in [-0.1, -0.05) is 24.3 Å². The molecule has 0 unspecified atom stereocenters. The maximum Gasteiger partial charge on any atom is 0.191 e. The molecule has 1 aliphatic rings. The smallest absolute Gasteiger partial charge is 0.191 e. The molecule has 1 fully saturated rings. The number of guanidine groups is 1. The van der Waals surface area contributed by atoms with Gasteiger partial charge in [0.25, 0.3) is 0 Å². The first-order valence-corrected chi connectivity index (χ1v) is 10.5. The number of hydrogen-bond donors (Lipinski definition) is 2. The zero-order valence-electron chi connectivity index (χ0n) is 18.3. The maximum atomic E-state index is 5.49. The van der Waals surface area contributed by atoms with Crippen LogP contribution < -0.4 is 10.6 Å². The molecule has 8 heteroatoms. The Morgan fingerprint density at radius 3 is 2.53 bits per heavy atom. The molecule has 0 atom stereocenters. The van der Waals surface area contributed by atoms with Crippen LogP contribution >= 0.6 is 24.0 Å². The molecule has 2 heterocycles. The van der Waals surface area contributed by atoms with Crippen LogP contribution in [0.3, 0.4) is 0 Å². The van der Waals surface area contributed by atoms with Gasteiger partial charge in [-0.25, -0.2) is 4.99 Å². The fraction of sp³-hybridized carbons (Fsp3) is 0.545. The first-order chi connectivity index (χ1) is 14.1. The van der Waals surface area contributed by atoms with Gasteiger partial charge in [-0.15, -0.1) is 24.0 Å². The van der Waals surface area contributed by atoms with E-state index in [4.69, 9.17) is 9.73 Å². The minimum Gasteiger partial charge on any atom is -0.379 e. The minimum atomic E-state index is 0. The molecule has 166 valence electrons. The third-order valence-electron chi connectivity index (χ3n) is 5.32. The van der Waals surface area contributed by atoms with Crippen molar-refractivity contribution in [2.75, 3.05) is 39.4 Å². The van der Waals surface area contributed by atoms with E-state index in [1.54, 1.807) is 0 Å². The van der Waals surface area contributed by atoms with Gasteiger partial charge in [-0.2, -0.15) is 5.10 Å². The molecule has 1 aliphatic heterocycles. The van der Waals surface area contributed by atoms with E-state index in [1.165, 1.54) is 11.1 Å². The van der Waals surface area contributed by atoms with Crippen LogP contribution in [0.15, 0.2) is 47.7 Å². The Morgan fingerprint density at radius 2 is 1.87 bits per heavy atom. The minimum absolute atomic E-state index is 0. The van der Waals surface area contributed by atoms with Crippen LogP contribution in [0, 0.1) is 0 Å². The molecule has 0 amide bonds. The molecule has 0 bridgehead atoms. The van der Waals surface area contributed by atoms with Crippen molar-refractivity contribution in [3.8, 4) is 0 Å². The van der Waals surface area contributed by atoms with Gasteiger partial charge in [-0.05, 0) is 38.0 Å². The number of rotatable bonds is 8. The lowest BCUT2D eigenvalue weighted by atomic mass is 10.0. The lowest BCUT2D eigenvalue weighted by Crippen LogP contribution is -2.56. The van der Waals surface area contributed by atoms with Crippen LogP contribution in [0.4, 0.5) is 0 Å². The van der Waals surface area contributed by atoms with Gasteiger partial charge < -0.3 is 15.4 Å². The van der Waals surface area contributed by atoms with Gasteiger partial charge in [0, 0.05) is 44.1 Å². The standard InChI is InChI=1S/C22H34N6O.HI/c1-4-23-21(25-18-22(2,3)27-12-14-29-15-13-27)24-16-19-8-5-6-9-20(19)17-28-11-7-10-26-28;/h5-11H,4,12-18H2,1-3H3,(H2,23,24,25);1H. The van der Waals surface area contributed by atoms with Crippen molar-refractivity contribution < 1.29 is 4.74 Å². The summed E-state index contributed by atoms with van der Waals surface area (Å²) in [5.74, 6) is 0.850. The first kappa shape index (κ1) is 24.6. The van der Waals surface area contributed by atoms with E-state index >= 15 is 0 Å². The molecular formula is C22H35IN6O. The Morgan fingerprint density at radius 1 is 1.13 bits per heavy atom. The molecule has 1 aromatic carbocycles. The van der Waals surface area contributed by atoms with Gasteiger partial charge >= 0.3 is 0 Å². The molecule has 30 heavy (non-hydrogen) atoms. The number of aromatic nitrogens is 2. The van der Waals surface area contributed by atoms with Crippen LogP contribution in [0.1, 0.15) is 31.9 Å². The third-order valence-corrected chi connectivity index (χ3v) is 5.32. The summed E-state index contributed by atoms with van der Waals surface area (Å²) in [4.78, 5) is 7.32. The molecule has 0 spiro atoms. The first-order valence-electron chi connectivity index (χ1n) is 10.5. The number of aliphatic imine (C=N–C) groups is 1. The van der Waals surface area contributed by atoms with Crippen molar-refractivity contribution in [1.29, 1.82) is 0 Å². The molecule has 1 aromatic heterocycles. The van der Waals surface area contributed by atoms with E-state index < -0.39 is 0 Å². The van der Waals surface area contributed by atoms with E-state index in [0.29, 0.717) is 6.54 Å². The summed E-state index contributed by atoms with van der Waals surface area (Å²) in [6.07, 6.45) is 3.80. The fourth-order valence-electron chi connectivity index (χ4n) is 3.52. The lowest BCUT2D eigenvalue weighted by molar-refractivity contribution is -0.00834. The quantitative estimate of drug-likeness (QED) is 0.315. The number of ether oxygens (including phenoxy) is 1. The molecular weight excluding hydrogens is 491 g/mol. The van der Waals surface area contributed by atoms with Crippen molar-refractivity contribution in [3.63, 3.8) is 0 Å². The van der Waals surface area contributed by atoms with Crippen LogP contribution in [0.2, 0.25) is 0 Å². The second-order valence-electron chi connectivity index (χ2n) is 7.93. The van der Waals surface area contributed by atoms with Crippen molar-refractivity contribution in [3.05, 3.63) is 53.9 Å². The lowest BCUT2D eigenvalue weighted by Gasteiger charge is -2.41. The zero-order valence-corrected chi connectivity index (χ0v) is 20.6. The molecule has 0 radical (unpaired) electrons. The number of halogens is 1. The van der Waals surface area contributed by atoms with Crippen LogP contribution in [0.25, 0.3) is 0 Å². The second-order valence-corrected chi connectivity index (χ2v) is 7.93. The largest absolute Gasteiger partial charge is 0.379 e. The van der Waals surface area contributed by atoms with Crippen LogP contribution in [0.5, 0.6) is 0 Å². The maximum absolute atomic E-state index is 5.49. The summed E-state index contributed by atoms with van der Waals surface area (Å²) in [5, 5.41) is 11.2. The number of nitrogens with zero attached hydrogens (tertiary/aromatic N) is 4. The normalized spacial score (nSPS) is 15.5. The number of nitrogens with one attached hydrogen (secondary N) is 2. The second kappa shape index (κ2) is 12.3.